The first kappa shape index (κ1) is 24.6. The van der Waals surface area contributed by atoms with Crippen LogP contribution in [0, 0.1) is 0 Å². The van der Waals surface area contributed by atoms with E-state index in [1.54, 1.807) is 7.11 Å². The van der Waals surface area contributed by atoms with Crippen LogP contribution in [0.3, 0.4) is 0 Å². The van der Waals surface area contributed by atoms with Gasteiger partial charge in [-0.15, -0.1) is 24.0 Å². The molecule has 2 aliphatic heterocycles. The number of methoxy groups -OCH3 is 1. The van der Waals surface area contributed by atoms with Gasteiger partial charge in [0.1, 0.15) is 18.1 Å². The third kappa shape index (κ3) is 6.26. The number of aliphatic imine (C=N–C) groups is 1. The monoisotopic (exact) mass is 552 g/mol. The summed E-state index contributed by atoms with van der Waals surface area (Å²) in [5.74, 6) is 2.49. The average molecular weight is 552 g/mol. The highest BCUT2D eigenvalue weighted by molar-refractivity contribution is 14.0. The van der Waals surface area contributed by atoms with Crippen LogP contribution in [-0.2, 0) is 11.3 Å². The number of nitrogens with one attached hydrogen (secondary N) is 1. The number of guanidine groups is 1. The maximum atomic E-state index is 6.10. The lowest BCUT2D eigenvalue weighted by atomic mass is 10.1. The third-order valence-electron chi connectivity index (χ3n) is 5.85. The van der Waals surface area contributed by atoms with Gasteiger partial charge in [-0.1, -0.05) is 36.4 Å². The molecule has 2 unspecified atom stereocenters. The van der Waals surface area contributed by atoms with E-state index in [1.807, 2.05) is 31.3 Å². The Morgan fingerprint density at radius 2 is 1.94 bits per heavy atom. The van der Waals surface area contributed by atoms with E-state index in [0.29, 0.717) is 19.2 Å². The molecular weight excluding hydrogens is 519 g/mol. The number of likely N-dealkylation sites (tertiary alicyclic amines) is 1. The summed E-state index contributed by atoms with van der Waals surface area (Å²) in [5.41, 5.74) is 1.35. The van der Waals surface area contributed by atoms with E-state index >= 15 is 0 Å². The molecule has 2 fully saturated rings. The predicted octanol–water partition coefficient (Wildman–Crippen LogP) is 2.85. The van der Waals surface area contributed by atoms with Crippen molar-refractivity contribution in [1.82, 2.24) is 15.1 Å². The van der Waals surface area contributed by atoms with Crippen molar-refractivity contribution in [2.45, 2.75) is 18.7 Å². The summed E-state index contributed by atoms with van der Waals surface area (Å²) >= 11 is 0. The number of hydrogen-bond acceptors (Lipinski definition) is 5. The van der Waals surface area contributed by atoms with Gasteiger partial charge in [0.2, 0.25) is 0 Å². The van der Waals surface area contributed by atoms with Crippen molar-refractivity contribution in [3.8, 4) is 11.5 Å². The summed E-state index contributed by atoms with van der Waals surface area (Å²) in [4.78, 5) is 9.33. The van der Waals surface area contributed by atoms with Gasteiger partial charge < -0.3 is 24.4 Å². The first-order valence-electron chi connectivity index (χ1n) is 10.9. The maximum absolute atomic E-state index is 6.10. The van der Waals surface area contributed by atoms with E-state index in [2.05, 4.69) is 50.4 Å². The van der Waals surface area contributed by atoms with Crippen LogP contribution < -0.4 is 14.8 Å². The number of nitrogens with zero attached hydrogens (tertiary/aromatic N) is 3. The molecule has 8 heteroatoms. The standard InChI is InChI=1S/C24H32N4O3.HI/c1-25-24(26-11-13-30-21-10-6-9-20(15-21)29-2)28-17-22-23(18-28)31-14-12-27(22)16-19-7-4-3-5-8-19;/h3-10,15,22-23H,11-14,16-18H2,1-2H3,(H,25,26);1H. The Morgan fingerprint density at radius 1 is 1.12 bits per heavy atom. The van der Waals surface area contributed by atoms with Crippen molar-refractivity contribution in [1.29, 1.82) is 0 Å². The average Bonchev–Trinajstić information content (AvgIpc) is 3.25. The minimum atomic E-state index is 0. The predicted molar refractivity (Wildman–Crippen MR) is 137 cm³/mol. The van der Waals surface area contributed by atoms with E-state index in [1.165, 1.54) is 5.56 Å². The van der Waals surface area contributed by atoms with E-state index in [9.17, 15) is 0 Å². The Hall–Kier alpha value is -2.04. The molecule has 1 N–H and O–H groups in total. The molecule has 174 valence electrons. The second-order valence-corrected chi connectivity index (χ2v) is 7.84. The maximum Gasteiger partial charge on any atom is 0.193 e. The zero-order valence-corrected chi connectivity index (χ0v) is 21.1. The van der Waals surface area contributed by atoms with Gasteiger partial charge >= 0.3 is 0 Å². The number of ether oxygens (including phenoxy) is 3. The highest BCUT2D eigenvalue weighted by Crippen LogP contribution is 2.24. The molecule has 0 radical (unpaired) electrons. The fourth-order valence-corrected chi connectivity index (χ4v) is 4.30. The van der Waals surface area contributed by atoms with Crippen LogP contribution in [0.4, 0.5) is 0 Å². The molecule has 0 spiro atoms. The van der Waals surface area contributed by atoms with E-state index in [4.69, 9.17) is 14.2 Å². The van der Waals surface area contributed by atoms with E-state index < -0.39 is 0 Å². The molecule has 7 nitrogen and oxygen atoms in total. The van der Waals surface area contributed by atoms with Gasteiger partial charge in [0.15, 0.2) is 5.96 Å². The summed E-state index contributed by atoms with van der Waals surface area (Å²) in [6.45, 7) is 5.68. The van der Waals surface area contributed by atoms with E-state index in [0.717, 1.165) is 50.2 Å². The van der Waals surface area contributed by atoms with Crippen LogP contribution in [0.2, 0.25) is 0 Å². The van der Waals surface area contributed by atoms with Crippen LogP contribution in [-0.4, -0.2) is 81.5 Å². The fraction of sp³-hybridized carbons (Fsp3) is 0.458. The van der Waals surface area contributed by atoms with Crippen LogP contribution in [0.15, 0.2) is 59.6 Å². The fourth-order valence-electron chi connectivity index (χ4n) is 4.30. The zero-order valence-electron chi connectivity index (χ0n) is 18.8. The van der Waals surface area contributed by atoms with Gasteiger partial charge in [0.25, 0.3) is 0 Å². The smallest absolute Gasteiger partial charge is 0.193 e. The van der Waals surface area contributed by atoms with E-state index in [-0.39, 0.29) is 30.1 Å². The molecule has 0 amide bonds. The molecule has 2 aromatic rings. The summed E-state index contributed by atoms with van der Waals surface area (Å²) in [5, 5.41) is 3.43. The Balaban J connectivity index is 0.00000289. The first-order valence-corrected chi connectivity index (χ1v) is 10.9. The molecule has 2 heterocycles. The van der Waals surface area contributed by atoms with Gasteiger partial charge in [-0.2, -0.15) is 0 Å². The minimum absolute atomic E-state index is 0. The highest BCUT2D eigenvalue weighted by Gasteiger charge is 2.41. The molecule has 32 heavy (non-hydrogen) atoms. The van der Waals surface area contributed by atoms with Gasteiger partial charge in [-0.05, 0) is 17.7 Å². The third-order valence-corrected chi connectivity index (χ3v) is 5.85. The Labute approximate surface area is 207 Å². The Kier molecular flexibility index (Phi) is 9.43. The molecule has 0 aromatic heterocycles. The van der Waals surface area contributed by atoms with Crippen molar-refractivity contribution in [2.24, 2.45) is 4.99 Å². The van der Waals surface area contributed by atoms with Gasteiger partial charge in [-0.25, -0.2) is 0 Å². The largest absolute Gasteiger partial charge is 0.497 e. The van der Waals surface area contributed by atoms with Crippen LogP contribution >= 0.6 is 24.0 Å². The number of hydrogen-bond donors (Lipinski definition) is 1. The minimum Gasteiger partial charge on any atom is -0.497 e. The second-order valence-electron chi connectivity index (χ2n) is 7.84. The van der Waals surface area contributed by atoms with Crippen LogP contribution in [0.5, 0.6) is 11.5 Å². The molecule has 0 bridgehead atoms. The summed E-state index contributed by atoms with van der Waals surface area (Å²) in [6.07, 6.45) is 0.212. The van der Waals surface area contributed by atoms with Gasteiger partial charge in [-0.3, -0.25) is 9.89 Å². The number of benzene rings is 2. The van der Waals surface area contributed by atoms with Crippen molar-refractivity contribution in [3.63, 3.8) is 0 Å². The molecular formula is C24H33IN4O3. The lowest BCUT2D eigenvalue weighted by molar-refractivity contribution is -0.0502. The quantitative estimate of drug-likeness (QED) is 0.247. The number of fused-ring (bicyclic) bond motifs is 1. The Morgan fingerprint density at radius 3 is 2.72 bits per heavy atom. The zero-order chi connectivity index (χ0) is 21.5. The van der Waals surface area contributed by atoms with Crippen molar-refractivity contribution < 1.29 is 14.2 Å². The number of halogens is 1. The van der Waals surface area contributed by atoms with Crippen LogP contribution in [0.1, 0.15) is 5.56 Å². The van der Waals surface area contributed by atoms with Gasteiger partial charge in [0.05, 0.1) is 32.4 Å². The second kappa shape index (κ2) is 12.3. The molecule has 2 saturated heterocycles. The number of morpholine rings is 1. The summed E-state index contributed by atoms with van der Waals surface area (Å²) < 4.78 is 17.2. The highest BCUT2D eigenvalue weighted by atomic mass is 127. The van der Waals surface area contributed by atoms with Crippen molar-refractivity contribution in [2.75, 3.05) is 53.6 Å². The Bertz CT molecular complexity index is 867. The molecule has 2 aliphatic rings. The molecule has 0 saturated carbocycles. The number of rotatable bonds is 7. The molecule has 4 rings (SSSR count). The van der Waals surface area contributed by atoms with Crippen molar-refractivity contribution >= 4 is 29.9 Å². The first-order chi connectivity index (χ1) is 15.3. The molecule has 0 aliphatic carbocycles. The topological polar surface area (TPSA) is 58.6 Å². The normalized spacial score (nSPS) is 20.9. The summed E-state index contributed by atoms with van der Waals surface area (Å²) in [6, 6.07) is 18.7. The SMILES string of the molecule is CN=C(NCCOc1cccc(OC)c1)N1CC2OCCN(Cc3ccccc3)C2C1.I. The van der Waals surface area contributed by atoms with Crippen LogP contribution in [0.25, 0.3) is 0 Å². The van der Waals surface area contributed by atoms with Crippen molar-refractivity contribution in [3.05, 3.63) is 60.2 Å². The van der Waals surface area contributed by atoms with Gasteiger partial charge in [0, 0.05) is 39.3 Å². The summed E-state index contributed by atoms with van der Waals surface area (Å²) in [7, 11) is 3.48. The lowest BCUT2D eigenvalue weighted by Crippen LogP contribution is -2.50. The molecule has 2 atom stereocenters. The lowest BCUT2D eigenvalue weighted by Gasteiger charge is -2.36. The molecule has 2 aromatic carbocycles.